The van der Waals surface area contributed by atoms with Crippen molar-refractivity contribution in [1.29, 1.82) is 0 Å². The first-order chi connectivity index (χ1) is 16.4. The Balaban J connectivity index is 3.02. The van der Waals surface area contributed by atoms with Gasteiger partial charge in [0, 0.05) is 36.9 Å². The summed E-state index contributed by atoms with van der Waals surface area (Å²) in [7, 11) is 0. The highest BCUT2D eigenvalue weighted by Crippen LogP contribution is 2.06. The van der Waals surface area contributed by atoms with Gasteiger partial charge in [-0.15, -0.1) is 0 Å². The summed E-state index contributed by atoms with van der Waals surface area (Å²) in [6, 6.07) is -5.27. The number of aromatic amines is 1. The number of thiol groups is 1. The highest BCUT2D eigenvalue weighted by atomic mass is 32.1. The largest absolute Gasteiger partial charge is 0.481 e. The monoisotopic (exact) mass is 515 g/mol. The molecule has 0 aliphatic rings. The predicted octanol–water partition coefficient (Wildman–Crippen LogP) is -3.12. The number of primary amides is 1. The summed E-state index contributed by atoms with van der Waals surface area (Å²) in [5.74, 6) is -6.05. The number of carbonyl (C=O) groups is 6. The van der Waals surface area contributed by atoms with Gasteiger partial charge in [0.25, 0.3) is 0 Å². The Labute approximate surface area is 205 Å². The lowest BCUT2D eigenvalue weighted by atomic mass is 10.1. The topological polar surface area (TPSA) is 260 Å². The summed E-state index contributed by atoms with van der Waals surface area (Å²) in [5.41, 5.74) is 11.1. The Kier molecular flexibility index (Phi) is 12.2. The number of hydrogen-bond acceptors (Lipinski definition) is 9. The first kappa shape index (κ1) is 29.4. The van der Waals surface area contributed by atoms with Crippen molar-refractivity contribution in [2.24, 2.45) is 11.5 Å². The maximum Gasteiger partial charge on any atom is 0.326 e. The van der Waals surface area contributed by atoms with Crippen molar-refractivity contribution in [3.05, 3.63) is 18.2 Å². The number of aliphatic carboxylic acids is 2. The van der Waals surface area contributed by atoms with Crippen LogP contribution in [0.4, 0.5) is 0 Å². The van der Waals surface area contributed by atoms with E-state index >= 15 is 0 Å². The van der Waals surface area contributed by atoms with Crippen LogP contribution < -0.4 is 27.4 Å². The lowest BCUT2D eigenvalue weighted by molar-refractivity contribution is -0.143. The van der Waals surface area contributed by atoms with Crippen LogP contribution in [0, 0.1) is 0 Å². The van der Waals surface area contributed by atoms with Crippen molar-refractivity contribution in [2.45, 2.75) is 56.3 Å². The number of nitrogens with two attached hydrogens (primary N) is 2. The van der Waals surface area contributed by atoms with Crippen molar-refractivity contribution in [2.75, 3.05) is 5.75 Å². The van der Waals surface area contributed by atoms with Crippen molar-refractivity contribution in [3.8, 4) is 0 Å². The van der Waals surface area contributed by atoms with E-state index in [0.29, 0.717) is 5.69 Å². The van der Waals surface area contributed by atoms with Gasteiger partial charge in [-0.1, -0.05) is 0 Å². The maximum atomic E-state index is 12.8. The second kappa shape index (κ2) is 14.6. The van der Waals surface area contributed by atoms with Gasteiger partial charge >= 0.3 is 11.9 Å². The number of carboxylic acids is 2. The Bertz CT molecular complexity index is 911. The molecule has 0 aliphatic heterocycles. The summed E-state index contributed by atoms with van der Waals surface area (Å²) in [5, 5.41) is 25.3. The molecule has 4 atom stereocenters. The summed E-state index contributed by atoms with van der Waals surface area (Å²) < 4.78 is 0. The fourth-order valence-electron chi connectivity index (χ4n) is 2.81. The van der Waals surface area contributed by atoms with Crippen LogP contribution in [-0.4, -0.2) is 85.7 Å². The lowest BCUT2D eigenvalue weighted by Gasteiger charge is -2.24. The van der Waals surface area contributed by atoms with Gasteiger partial charge < -0.3 is 42.6 Å². The molecule has 0 saturated heterocycles. The predicted molar refractivity (Wildman–Crippen MR) is 123 cm³/mol. The Morgan fingerprint density at radius 2 is 1.49 bits per heavy atom. The SMILES string of the molecule is NC(=O)CCC(NC(=O)C(N)CS)C(=O)NC(CCC(=O)O)C(=O)NC(Cc1cnc[nH]1)C(=O)O. The van der Waals surface area contributed by atoms with Crippen molar-refractivity contribution in [3.63, 3.8) is 0 Å². The number of H-pyrrole nitrogens is 1. The number of carboxylic acid groups (broad SMARTS) is 2. The quantitative estimate of drug-likeness (QED) is 0.1000. The lowest BCUT2D eigenvalue weighted by Crippen LogP contribution is -2.57. The first-order valence-corrected chi connectivity index (χ1v) is 11.1. The van der Waals surface area contributed by atoms with Crippen molar-refractivity contribution >= 4 is 48.2 Å². The molecule has 16 heteroatoms. The van der Waals surface area contributed by atoms with Crippen LogP contribution in [-0.2, 0) is 35.2 Å². The van der Waals surface area contributed by atoms with E-state index in [9.17, 15) is 33.9 Å². The van der Waals surface area contributed by atoms with Crippen LogP contribution in [0.2, 0.25) is 0 Å². The molecule has 1 aromatic heterocycles. The van der Waals surface area contributed by atoms with E-state index in [0.717, 1.165) is 0 Å². The van der Waals surface area contributed by atoms with Crippen LogP contribution in [0.25, 0.3) is 0 Å². The van der Waals surface area contributed by atoms with Crippen molar-refractivity contribution in [1.82, 2.24) is 25.9 Å². The van der Waals surface area contributed by atoms with Gasteiger partial charge in [-0.3, -0.25) is 24.0 Å². The summed E-state index contributed by atoms with van der Waals surface area (Å²) in [6.45, 7) is 0. The summed E-state index contributed by atoms with van der Waals surface area (Å²) >= 11 is 3.90. The van der Waals surface area contributed by atoms with E-state index in [1.807, 2.05) is 0 Å². The molecule has 0 spiro atoms. The van der Waals surface area contributed by atoms with Crippen LogP contribution in [0.1, 0.15) is 31.4 Å². The van der Waals surface area contributed by atoms with Gasteiger partial charge in [0.1, 0.15) is 18.1 Å². The third-order valence-electron chi connectivity index (χ3n) is 4.72. The number of aromatic nitrogens is 2. The average Bonchev–Trinajstić information content (AvgIpc) is 3.30. The molecule has 35 heavy (non-hydrogen) atoms. The van der Waals surface area contributed by atoms with Crippen LogP contribution in [0.5, 0.6) is 0 Å². The fraction of sp³-hybridized carbons (Fsp3) is 0.526. The number of carbonyl (C=O) groups excluding carboxylic acids is 4. The Morgan fingerprint density at radius 1 is 0.943 bits per heavy atom. The molecule has 4 amide bonds. The molecule has 0 aliphatic carbocycles. The molecular weight excluding hydrogens is 486 g/mol. The molecule has 0 radical (unpaired) electrons. The third-order valence-corrected chi connectivity index (χ3v) is 5.11. The molecule has 0 saturated carbocycles. The van der Waals surface area contributed by atoms with Gasteiger partial charge in [0.2, 0.25) is 23.6 Å². The molecule has 4 unspecified atom stereocenters. The summed E-state index contributed by atoms with van der Waals surface area (Å²) in [6.07, 6.45) is 1.12. The zero-order valence-corrected chi connectivity index (χ0v) is 19.5. The highest BCUT2D eigenvalue weighted by molar-refractivity contribution is 7.80. The fourth-order valence-corrected chi connectivity index (χ4v) is 2.98. The van der Waals surface area contributed by atoms with E-state index in [2.05, 4.69) is 38.5 Å². The minimum Gasteiger partial charge on any atom is -0.481 e. The van der Waals surface area contributed by atoms with E-state index < -0.39 is 66.2 Å². The zero-order chi connectivity index (χ0) is 26.5. The van der Waals surface area contributed by atoms with E-state index in [4.69, 9.17) is 16.6 Å². The zero-order valence-electron chi connectivity index (χ0n) is 18.6. The van der Waals surface area contributed by atoms with Gasteiger partial charge in [-0.05, 0) is 12.8 Å². The molecule has 15 nitrogen and oxygen atoms in total. The smallest absolute Gasteiger partial charge is 0.326 e. The number of imidazole rings is 1. The molecule has 0 fully saturated rings. The second-order valence-electron chi connectivity index (χ2n) is 7.53. The Hall–Kier alpha value is -3.66. The van der Waals surface area contributed by atoms with E-state index in [-0.39, 0.29) is 31.4 Å². The van der Waals surface area contributed by atoms with Gasteiger partial charge in [-0.2, -0.15) is 12.6 Å². The molecular formula is C19H29N7O8S. The van der Waals surface area contributed by atoms with Crippen LogP contribution >= 0.6 is 12.6 Å². The number of nitrogens with one attached hydrogen (secondary N) is 4. The standard InChI is InChI=1S/C19H29N7O8S/c20-10(7-35)16(30)24-11(1-3-14(21)27)17(31)25-12(2-4-15(28)29)18(32)26-13(19(33)34)5-9-6-22-8-23-9/h6,8,10-13,35H,1-5,7,20H2,(H2,21,27)(H,22,23)(H,24,30)(H,25,31)(H,26,32)(H,28,29)(H,33,34). The Morgan fingerprint density at radius 3 is 1.94 bits per heavy atom. The number of nitrogens with zero attached hydrogens (tertiary/aromatic N) is 1. The van der Waals surface area contributed by atoms with E-state index in [1.54, 1.807) is 0 Å². The van der Waals surface area contributed by atoms with E-state index in [1.165, 1.54) is 12.5 Å². The molecule has 1 rings (SSSR count). The molecule has 10 N–H and O–H groups in total. The normalized spacial score (nSPS) is 14.1. The molecule has 0 bridgehead atoms. The minimum atomic E-state index is -1.46. The van der Waals surface area contributed by atoms with Crippen molar-refractivity contribution < 1.29 is 39.0 Å². The molecule has 0 aromatic carbocycles. The number of hydrogen-bond donors (Lipinski definition) is 9. The van der Waals surface area contributed by atoms with Crippen LogP contribution in [0.15, 0.2) is 12.5 Å². The third kappa shape index (κ3) is 10.9. The average molecular weight is 516 g/mol. The molecule has 194 valence electrons. The minimum absolute atomic E-state index is 0.0352. The molecule has 1 heterocycles. The van der Waals surface area contributed by atoms with Crippen LogP contribution in [0.3, 0.4) is 0 Å². The first-order valence-electron chi connectivity index (χ1n) is 10.4. The summed E-state index contributed by atoms with van der Waals surface area (Å²) in [4.78, 5) is 78.1. The van der Waals surface area contributed by atoms with Gasteiger partial charge in [0.15, 0.2) is 0 Å². The molecule has 1 aromatic rings. The maximum absolute atomic E-state index is 12.8. The number of amides is 4. The van der Waals surface area contributed by atoms with Gasteiger partial charge in [-0.25, -0.2) is 9.78 Å². The second-order valence-corrected chi connectivity index (χ2v) is 7.89. The highest BCUT2D eigenvalue weighted by Gasteiger charge is 2.31. The number of rotatable bonds is 16. The van der Waals surface area contributed by atoms with Gasteiger partial charge in [0.05, 0.1) is 12.4 Å².